The maximum absolute atomic E-state index is 13.0. The van der Waals surface area contributed by atoms with Gasteiger partial charge in [-0.2, -0.15) is 4.31 Å². The molecule has 2 fully saturated rings. The van der Waals surface area contributed by atoms with Crippen molar-refractivity contribution in [1.82, 2.24) is 9.21 Å². The molecule has 0 aliphatic carbocycles. The third kappa shape index (κ3) is 4.53. The molecule has 1 aromatic rings. The van der Waals surface area contributed by atoms with E-state index in [2.05, 4.69) is 36.9 Å². The van der Waals surface area contributed by atoms with Crippen LogP contribution < -0.4 is 0 Å². The molecule has 0 saturated carbocycles. The number of fused-ring (bicyclic) bond motifs is 4. The summed E-state index contributed by atoms with van der Waals surface area (Å²) in [7, 11) is -3.22. The Morgan fingerprint density at radius 3 is 2.83 bits per heavy atom. The van der Waals surface area contributed by atoms with E-state index in [0.29, 0.717) is 36.7 Å². The monoisotopic (exact) mass is 438 g/mol. The smallest absolute Gasteiger partial charge is 0.214 e. The van der Waals surface area contributed by atoms with E-state index >= 15 is 0 Å². The average molecular weight is 439 g/mol. The number of hydrogen-bond acceptors (Lipinski definition) is 3. The summed E-state index contributed by atoms with van der Waals surface area (Å²) >= 11 is 5.79. The summed E-state index contributed by atoms with van der Waals surface area (Å²) in [5, 5.41) is 0. The number of hydrogen-bond donors (Lipinski definition) is 0. The Kier molecular flexibility index (Phi) is 6.60. The zero-order valence-corrected chi connectivity index (χ0v) is 19.4. The highest BCUT2D eigenvalue weighted by molar-refractivity contribution is 7.89. The second-order valence-electron chi connectivity index (χ2n) is 9.57. The van der Waals surface area contributed by atoms with Crippen LogP contribution >= 0.6 is 11.6 Å². The molecular formula is C23H35ClN2O2S. The second kappa shape index (κ2) is 8.86. The van der Waals surface area contributed by atoms with Crippen molar-refractivity contribution in [3.05, 3.63) is 34.9 Å². The van der Waals surface area contributed by atoms with Crippen LogP contribution in [-0.2, 0) is 22.9 Å². The predicted octanol–water partition coefficient (Wildman–Crippen LogP) is 4.23. The number of nitrogens with zero attached hydrogens (tertiary/aromatic N) is 2. The fourth-order valence-electron chi connectivity index (χ4n) is 5.77. The van der Waals surface area contributed by atoms with Crippen LogP contribution in [-0.4, -0.2) is 54.9 Å². The van der Waals surface area contributed by atoms with Gasteiger partial charge in [0.05, 0.1) is 5.75 Å². The molecule has 0 radical (unpaired) electrons. The zero-order chi connectivity index (χ0) is 20.6. The maximum Gasteiger partial charge on any atom is 0.214 e. The van der Waals surface area contributed by atoms with E-state index in [1.165, 1.54) is 16.7 Å². The zero-order valence-electron chi connectivity index (χ0n) is 17.8. The molecule has 0 amide bonds. The molecule has 4 rings (SSSR count). The standard InChI is InChI=1S/C23H35ClN2O2S/c1-17(2)13-18-6-7-21-19(14-18)8-11-25-16-20-5-3-10-26(22(20)15-23(21)25)29(27,28)12-4-9-24/h6-7,14,17,20,22-23H,3-5,8-13,15-16H2,1-2H3/t20-,22+,23-/m0/s1. The van der Waals surface area contributed by atoms with Gasteiger partial charge in [-0.1, -0.05) is 32.0 Å². The first-order valence-electron chi connectivity index (χ1n) is 11.3. The van der Waals surface area contributed by atoms with Crippen molar-refractivity contribution < 1.29 is 8.42 Å². The third-order valence-electron chi connectivity index (χ3n) is 7.01. The summed E-state index contributed by atoms with van der Waals surface area (Å²) in [5.74, 6) is 1.72. The molecule has 3 aliphatic rings. The number of alkyl halides is 1. The largest absolute Gasteiger partial charge is 0.296 e. The van der Waals surface area contributed by atoms with Crippen LogP contribution in [0.2, 0.25) is 0 Å². The number of rotatable bonds is 6. The van der Waals surface area contributed by atoms with E-state index in [9.17, 15) is 8.42 Å². The van der Waals surface area contributed by atoms with Gasteiger partial charge in [0, 0.05) is 37.6 Å². The molecule has 3 aliphatic heterocycles. The molecule has 4 nitrogen and oxygen atoms in total. The summed E-state index contributed by atoms with van der Waals surface area (Å²) < 4.78 is 27.9. The molecule has 0 unspecified atom stereocenters. The van der Waals surface area contributed by atoms with E-state index in [4.69, 9.17) is 11.6 Å². The lowest BCUT2D eigenvalue weighted by Gasteiger charge is -2.51. The Morgan fingerprint density at radius 2 is 2.07 bits per heavy atom. The molecule has 0 bridgehead atoms. The van der Waals surface area contributed by atoms with Gasteiger partial charge in [0.2, 0.25) is 10.0 Å². The van der Waals surface area contributed by atoms with Crippen molar-refractivity contribution in [3.8, 4) is 0 Å². The van der Waals surface area contributed by atoms with E-state index in [0.717, 1.165) is 45.2 Å². The van der Waals surface area contributed by atoms with Crippen LogP contribution in [0.15, 0.2) is 18.2 Å². The highest BCUT2D eigenvalue weighted by atomic mass is 35.5. The minimum absolute atomic E-state index is 0.145. The first-order valence-corrected chi connectivity index (χ1v) is 13.4. The number of benzene rings is 1. The summed E-state index contributed by atoms with van der Waals surface area (Å²) in [6.07, 6.45) is 5.84. The van der Waals surface area contributed by atoms with Crippen LogP contribution in [0.4, 0.5) is 0 Å². The van der Waals surface area contributed by atoms with Crippen LogP contribution in [0.25, 0.3) is 0 Å². The number of sulfonamides is 1. The summed E-state index contributed by atoms with van der Waals surface area (Å²) in [6.45, 7) is 7.35. The van der Waals surface area contributed by atoms with Crippen molar-refractivity contribution in [1.29, 1.82) is 0 Å². The Labute approximate surface area is 181 Å². The molecule has 1 aromatic carbocycles. The van der Waals surface area contributed by atoms with E-state index in [1.807, 2.05) is 4.31 Å². The molecule has 0 spiro atoms. The highest BCUT2D eigenvalue weighted by Gasteiger charge is 2.45. The SMILES string of the molecule is CC(C)Cc1ccc2c(c1)CCN1C[C@@H]3CCCN(S(=O)(=O)CCCCl)[C@@H]3C[C@@H]21. The van der Waals surface area contributed by atoms with Crippen LogP contribution in [0.5, 0.6) is 0 Å². The highest BCUT2D eigenvalue weighted by Crippen LogP contribution is 2.43. The fraction of sp³-hybridized carbons (Fsp3) is 0.739. The quantitative estimate of drug-likeness (QED) is 0.624. The Bertz CT molecular complexity index is 826. The Morgan fingerprint density at radius 1 is 1.24 bits per heavy atom. The minimum atomic E-state index is -3.22. The van der Waals surface area contributed by atoms with Crippen molar-refractivity contribution >= 4 is 21.6 Å². The van der Waals surface area contributed by atoms with Gasteiger partial charge in [0.25, 0.3) is 0 Å². The van der Waals surface area contributed by atoms with Gasteiger partial charge in [-0.05, 0) is 67.1 Å². The summed E-state index contributed by atoms with van der Waals surface area (Å²) in [5.41, 5.74) is 4.35. The van der Waals surface area contributed by atoms with Gasteiger partial charge in [0.1, 0.15) is 0 Å². The minimum Gasteiger partial charge on any atom is -0.296 e. The number of halogens is 1. The van der Waals surface area contributed by atoms with Gasteiger partial charge in [-0.15, -0.1) is 11.6 Å². The molecule has 3 heterocycles. The molecule has 29 heavy (non-hydrogen) atoms. The van der Waals surface area contributed by atoms with Gasteiger partial charge < -0.3 is 0 Å². The van der Waals surface area contributed by atoms with Crippen LogP contribution in [0.3, 0.4) is 0 Å². The molecule has 3 atom stereocenters. The second-order valence-corrected chi connectivity index (χ2v) is 12.0. The third-order valence-corrected chi connectivity index (χ3v) is 9.25. The topological polar surface area (TPSA) is 40.6 Å². The van der Waals surface area contributed by atoms with Crippen molar-refractivity contribution in [2.24, 2.45) is 11.8 Å². The molecule has 0 aromatic heterocycles. The Hall–Kier alpha value is -0.620. The van der Waals surface area contributed by atoms with Gasteiger partial charge in [-0.3, -0.25) is 4.90 Å². The maximum atomic E-state index is 13.0. The molecule has 0 N–H and O–H groups in total. The van der Waals surface area contributed by atoms with E-state index in [-0.39, 0.29) is 11.8 Å². The average Bonchev–Trinajstić information content (AvgIpc) is 2.69. The van der Waals surface area contributed by atoms with Crippen molar-refractivity contribution in [3.63, 3.8) is 0 Å². The lowest BCUT2D eigenvalue weighted by Crippen LogP contribution is -2.57. The summed E-state index contributed by atoms with van der Waals surface area (Å²) in [4.78, 5) is 2.63. The van der Waals surface area contributed by atoms with Gasteiger partial charge in [-0.25, -0.2) is 8.42 Å². The van der Waals surface area contributed by atoms with Crippen molar-refractivity contribution in [2.45, 2.75) is 64.5 Å². The van der Waals surface area contributed by atoms with Crippen molar-refractivity contribution in [2.75, 3.05) is 31.3 Å². The lowest BCUT2D eigenvalue weighted by molar-refractivity contribution is 0.0220. The molecular weight excluding hydrogens is 404 g/mol. The molecule has 162 valence electrons. The molecule has 2 saturated heterocycles. The first-order chi connectivity index (χ1) is 13.9. The molecule has 6 heteroatoms. The van der Waals surface area contributed by atoms with Crippen LogP contribution in [0, 0.1) is 11.8 Å². The van der Waals surface area contributed by atoms with E-state index < -0.39 is 10.0 Å². The fourth-order valence-corrected chi connectivity index (χ4v) is 7.88. The first kappa shape index (κ1) is 21.6. The Balaban J connectivity index is 1.58. The summed E-state index contributed by atoms with van der Waals surface area (Å²) in [6, 6.07) is 7.54. The normalized spacial score (nSPS) is 28.1. The van der Waals surface area contributed by atoms with Crippen LogP contribution in [0.1, 0.15) is 62.3 Å². The van der Waals surface area contributed by atoms with E-state index in [1.54, 1.807) is 0 Å². The lowest BCUT2D eigenvalue weighted by atomic mass is 9.77. The predicted molar refractivity (Wildman–Crippen MR) is 120 cm³/mol. The van der Waals surface area contributed by atoms with Gasteiger partial charge in [0.15, 0.2) is 0 Å². The van der Waals surface area contributed by atoms with Gasteiger partial charge >= 0.3 is 0 Å². The number of piperidine rings is 2.